The number of imidazole rings is 1. The average molecular weight is 1100 g/mol. The molecule has 0 spiro atoms. The first kappa shape index (κ1) is 45.7. The van der Waals surface area contributed by atoms with E-state index in [1.165, 1.54) is 80.4 Å². The standard InChI is InChI=1S/C41H39N4S.C14H15FGeN.Ir/c1-25-23-36-37(26(2)42-25)44-39(45(36)35-22-19-29(41(3,4)5)24-33(35)27-13-8-6-9-14-27)32-18-12-17-30-31-20-21-34(28-15-10-7-11-16-28)43-40(31)46-38(30)32;1-16(2,3)11-8-9-14(17-10-11)12-6-4-5-7-13(12)15;/h6,8-9,12-14,17,19-24,28H,7,10-11,15-16H2,1-5H3;4-5,7-10H,1-3H3;/q2*-1;. The molecule has 5 heterocycles. The molecule has 0 N–H and O–H groups in total. The molecule has 4 aromatic carbocycles. The molecule has 10 rings (SSSR count). The Morgan fingerprint density at radius 2 is 1.53 bits per heavy atom. The van der Waals surface area contributed by atoms with Crippen LogP contribution in [0, 0.1) is 31.8 Å². The van der Waals surface area contributed by atoms with Gasteiger partial charge in [0.2, 0.25) is 0 Å². The van der Waals surface area contributed by atoms with Crippen LogP contribution < -0.4 is 4.40 Å². The number of hydrogen-bond acceptors (Lipinski definition) is 5. The van der Waals surface area contributed by atoms with Crippen LogP contribution in [-0.2, 0) is 25.5 Å². The number of fused-ring (bicyclic) bond motifs is 4. The van der Waals surface area contributed by atoms with Crippen molar-refractivity contribution in [2.75, 3.05) is 0 Å². The minimum atomic E-state index is -1.83. The molecule has 9 aromatic rings. The first-order chi connectivity index (χ1) is 30.2. The van der Waals surface area contributed by atoms with Crippen molar-refractivity contribution in [2.45, 2.75) is 95.3 Å². The normalized spacial score (nSPS) is 13.5. The molecule has 1 aliphatic carbocycles. The molecule has 5 nitrogen and oxygen atoms in total. The summed E-state index contributed by atoms with van der Waals surface area (Å²) in [7, 11) is 0. The summed E-state index contributed by atoms with van der Waals surface area (Å²) >= 11 is -0.0488. The molecule has 0 unspecified atom stereocenters. The van der Waals surface area contributed by atoms with Crippen LogP contribution in [0.2, 0.25) is 17.3 Å². The van der Waals surface area contributed by atoms with Crippen molar-refractivity contribution in [2.24, 2.45) is 0 Å². The Morgan fingerprint density at radius 1 is 0.766 bits per heavy atom. The Balaban J connectivity index is 0.000000262. The second kappa shape index (κ2) is 18.6. The third-order valence-electron chi connectivity index (χ3n) is 12.4. The molecule has 1 saturated carbocycles. The van der Waals surface area contributed by atoms with Crippen molar-refractivity contribution in [3.05, 3.63) is 156 Å². The molecule has 327 valence electrons. The summed E-state index contributed by atoms with van der Waals surface area (Å²) in [6, 6.07) is 43.9. The first-order valence-corrected chi connectivity index (χ1v) is 30.3. The second-order valence-electron chi connectivity index (χ2n) is 19.0. The van der Waals surface area contributed by atoms with E-state index in [2.05, 4.69) is 159 Å². The van der Waals surface area contributed by atoms with Crippen LogP contribution in [0.1, 0.15) is 81.4 Å². The van der Waals surface area contributed by atoms with Crippen LogP contribution in [-0.4, -0.2) is 37.8 Å². The average Bonchev–Trinajstić information content (AvgIpc) is 3.85. The number of hydrogen-bond donors (Lipinski definition) is 0. The van der Waals surface area contributed by atoms with E-state index in [1.54, 1.807) is 23.5 Å². The van der Waals surface area contributed by atoms with Gasteiger partial charge in [-0.05, 0) is 77.6 Å². The monoisotopic (exact) mass is 1100 g/mol. The summed E-state index contributed by atoms with van der Waals surface area (Å²) < 4.78 is 18.4. The van der Waals surface area contributed by atoms with E-state index in [0.29, 0.717) is 17.2 Å². The van der Waals surface area contributed by atoms with E-state index in [1.807, 2.05) is 12.3 Å². The van der Waals surface area contributed by atoms with Crippen LogP contribution in [0.25, 0.3) is 70.8 Å². The molecular weight excluding hydrogens is 1050 g/mol. The molecule has 1 radical (unpaired) electrons. The maximum atomic E-state index is 13.6. The van der Waals surface area contributed by atoms with Crippen molar-refractivity contribution >= 4 is 60.3 Å². The number of thiophene rings is 1. The van der Waals surface area contributed by atoms with E-state index in [4.69, 9.17) is 15.0 Å². The molecule has 1 fully saturated rings. The van der Waals surface area contributed by atoms with Gasteiger partial charge >= 0.3 is 104 Å². The van der Waals surface area contributed by atoms with Crippen LogP contribution in [0.3, 0.4) is 0 Å². The Kier molecular flexibility index (Phi) is 13.3. The van der Waals surface area contributed by atoms with Crippen molar-refractivity contribution < 1.29 is 24.5 Å². The third kappa shape index (κ3) is 9.17. The van der Waals surface area contributed by atoms with Gasteiger partial charge in [0.1, 0.15) is 4.83 Å². The van der Waals surface area contributed by atoms with E-state index >= 15 is 0 Å². The van der Waals surface area contributed by atoms with Gasteiger partial charge in [-0.3, -0.25) is 9.97 Å². The predicted molar refractivity (Wildman–Crippen MR) is 265 cm³/mol. The van der Waals surface area contributed by atoms with Gasteiger partial charge in [0, 0.05) is 48.7 Å². The zero-order valence-corrected chi connectivity index (χ0v) is 43.2. The smallest absolute Gasteiger partial charge is 0 e. The molecule has 64 heavy (non-hydrogen) atoms. The van der Waals surface area contributed by atoms with Gasteiger partial charge in [-0.25, -0.2) is 4.98 Å². The van der Waals surface area contributed by atoms with Crippen molar-refractivity contribution in [3.63, 3.8) is 0 Å². The van der Waals surface area contributed by atoms with Crippen LogP contribution in [0.15, 0.2) is 115 Å². The van der Waals surface area contributed by atoms with Gasteiger partial charge in [-0.2, -0.15) is 11.3 Å². The quantitative estimate of drug-likeness (QED) is 0.123. The van der Waals surface area contributed by atoms with Crippen LogP contribution in [0.4, 0.5) is 4.39 Å². The summed E-state index contributed by atoms with van der Waals surface area (Å²) in [6.07, 6.45) is 8.34. The minimum Gasteiger partial charge on any atom is 0 e. The minimum absolute atomic E-state index is 0. The predicted octanol–water partition coefficient (Wildman–Crippen LogP) is 14.5. The van der Waals surface area contributed by atoms with Gasteiger partial charge in [-0.1, -0.05) is 93.4 Å². The Labute approximate surface area is 397 Å². The number of halogens is 1. The van der Waals surface area contributed by atoms with Gasteiger partial charge in [0.05, 0.1) is 22.6 Å². The van der Waals surface area contributed by atoms with Gasteiger partial charge in [0.15, 0.2) is 0 Å². The first-order valence-electron chi connectivity index (χ1n) is 22.2. The molecule has 0 bridgehead atoms. The van der Waals surface area contributed by atoms with Crippen molar-refractivity contribution in [3.8, 4) is 39.5 Å². The summed E-state index contributed by atoms with van der Waals surface area (Å²) in [5.74, 6) is 8.12. The van der Waals surface area contributed by atoms with Gasteiger partial charge in [0.25, 0.3) is 0 Å². The number of aromatic nitrogens is 5. The molecule has 0 aliphatic heterocycles. The topological polar surface area (TPSA) is 56.5 Å². The Hall–Kier alpha value is -4.86. The number of rotatable bonds is 6. The van der Waals surface area contributed by atoms with Gasteiger partial charge in [-0.15, -0.1) is 18.2 Å². The van der Waals surface area contributed by atoms with E-state index < -0.39 is 13.3 Å². The maximum Gasteiger partial charge on any atom is 0 e. The summed E-state index contributed by atoms with van der Waals surface area (Å²) in [5, 5.41) is 2.43. The molecule has 1 aliphatic rings. The summed E-state index contributed by atoms with van der Waals surface area (Å²) in [4.78, 5) is 20.9. The van der Waals surface area contributed by atoms with Gasteiger partial charge < -0.3 is 4.57 Å². The molecule has 0 saturated heterocycles. The zero-order valence-electron chi connectivity index (χ0n) is 37.9. The fraction of sp³-hybridized carbons (Fsp3) is 0.273. The van der Waals surface area contributed by atoms with Crippen LogP contribution >= 0.6 is 11.3 Å². The molecule has 0 amide bonds. The van der Waals surface area contributed by atoms with Crippen LogP contribution in [0.5, 0.6) is 0 Å². The fourth-order valence-corrected chi connectivity index (χ4v) is 12.2. The summed E-state index contributed by atoms with van der Waals surface area (Å²) in [5.41, 5.74) is 12.0. The number of aryl methyl sites for hydroxylation is 2. The number of pyridine rings is 3. The molecule has 5 aromatic heterocycles. The van der Waals surface area contributed by atoms with E-state index in [-0.39, 0.29) is 31.3 Å². The Bertz CT molecular complexity index is 3100. The largest absolute Gasteiger partial charge is 0 e. The molecule has 0 atom stereocenters. The van der Waals surface area contributed by atoms with Crippen molar-refractivity contribution in [1.82, 2.24) is 24.5 Å². The van der Waals surface area contributed by atoms with E-state index in [9.17, 15) is 4.39 Å². The second-order valence-corrected chi connectivity index (χ2v) is 30.7. The van der Waals surface area contributed by atoms with Crippen molar-refractivity contribution in [1.29, 1.82) is 0 Å². The third-order valence-corrected chi connectivity index (χ3v) is 17.8. The maximum absolute atomic E-state index is 13.6. The SMILES string of the molecule is Cc1cc2c(nc(-c3[c-]ccc4c3sc3nc(C5CCCCC5)ccc34)n2-c2ccc(C(C)(C)C)cc2-c2ccccc2)c(C)n1.[CH3][Ge]([CH3])([CH3])[c]1ccc(-c2[c-]cccc2F)nc1.[Ir]. The number of nitrogens with zero attached hydrogens (tertiary/aromatic N) is 5. The molecular formula is C55H54FGeIrN5S-2. The van der Waals surface area contributed by atoms with E-state index in [0.717, 1.165) is 44.3 Å². The fourth-order valence-electron chi connectivity index (χ4n) is 8.86. The zero-order chi connectivity index (χ0) is 44.0. The summed E-state index contributed by atoms with van der Waals surface area (Å²) in [6.45, 7) is 11.0. The number of benzene rings is 4. The Morgan fingerprint density at radius 3 is 2.23 bits per heavy atom. The molecule has 9 heteroatoms.